The number of hydrogen-bond acceptors (Lipinski definition) is 3. The van der Waals surface area contributed by atoms with Crippen molar-refractivity contribution in [2.75, 3.05) is 0 Å². The molecule has 1 aliphatic rings. The molecule has 3 aromatic rings. The van der Waals surface area contributed by atoms with Gasteiger partial charge in [-0.15, -0.1) is 0 Å². The second kappa shape index (κ2) is 3.91. The van der Waals surface area contributed by atoms with Gasteiger partial charge < -0.3 is 4.40 Å². The first-order chi connectivity index (χ1) is 9.34. The fourth-order valence-corrected chi connectivity index (χ4v) is 3.12. The molecular formula is C14H15N5. The third kappa shape index (κ3) is 1.51. The average Bonchev–Trinajstić information content (AvgIpc) is 3.03. The molecule has 0 fully saturated rings. The van der Waals surface area contributed by atoms with E-state index in [-0.39, 0.29) is 0 Å². The van der Waals surface area contributed by atoms with Gasteiger partial charge in [-0.25, -0.2) is 4.98 Å². The number of fused-ring (bicyclic) bond motifs is 2. The molecule has 19 heavy (non-hydrogen) atoms. The molecular weight excluding hydrogens is 238 g/mol. The van der Waals surface area contributed by atoms with E-state index in [1.807, 2.05) is 41.0 Å². The van der Waals surface area contributed by atoms with Gasteiger partial charge in [0.25, 0.3) is 0 Å². The summed E-state index contributed by atoms with van der Waals surface area (Å²) in [5.41, 5.74) is 4.91. The van der Waals surface area contributed by atoms with Crippen LogP contribution in [-0.4, -0.2) is 24.1 Å². The normalized spacial score (nSPS) is 18.7. The third-order valence-corrected chi connectivity index (χ3v) is 4.08. The van der Waals surface area contributed by atoms with Crippen LogP contribution in [0, 0.1) is 0 Å². The number of imidazole rings is 1. The number of aromatic nitrogens is 5. The van der Waals surface area contributed by atoms with E-state index in [2.05, 4.69) is 15.1 Å². The lowest BCUT2D eigenvalue weighted by molar-refractivity contribution is 0.578. The number of rotatable bonds is 1. The van der Waals surface area contributed by atoms with Gasteiger partial charge in [0.1, 0.15) is 0 Å². The molecule has 96 valence electrons. The third-order valence-electron chi connectivity index (χ3n) is 4.08. The first-order valence-corrected chi connectivity index (χ1v) is 6.62. The lowest BCUT2D eigenvalue weighted by atomic mass is 9.84. The summed E-state index contributed by atoms with van der Waals surface area (Å²) in [7, 11) is 2.02. The zero-order chi connectivity index (χ0) is 12.8. The van der Waals surface area contributed by atoms with Crippen LogP contribution in [0.25, 0.3) is 5.52 Å². The predicted molar refractivity (Wildman–Crippen MR) is 71.0 cm³/mol. The maximum absolute atomic E-state index is 4.61. The second-order valence-electron chi connectivity index (χ2n) is 5.11. The zero-order valence-electron chi connectivity index (χ0n) is 10.8. The molecule has 0 saturated heterocycles. The smallest absolute Gasteiger partial charge is 0.0996 e. The molecule has 0 aliphatic heterocycles. The molecule has 3 aromatic heterocycles. The Labute approximate surface area is 110 Å². The van der Waals surface area contributed by atoms with Gasteiger partial charge >= 0.3 is 0 Å². The summed E-state index contributed by atoms with van der Waals surface area (Å²) in [6, 6.07) is 0. The van der Waals surface area contributed by atoms with Gasteiger partial charge in [0.15, 0.2) is 0 Å². The molecule has 0 spiro atoms. The summed E-state index contributed by atoms with van der Waals surface area (Å²) < 4.78 is 4.03. The zero-order valence-corrected chi connectivity index (χ0v) is 10.8. The Morgan fingerprint density at radius 3 is 3.21 bits per heavy atom. The fourth-order valence-electron chi connectivity index (χ4n) is 3.12. The van der Waals surface area contributed by atoms with Crippen LogP contribution in [-0.2, 0) is 13.5 Å². The van der Waals surface area contributed by atoms with E-state index in [1.54, 1.807) is 6.20 Å². The van der Waals surface area contributed by atoms with Crippen molar-refractivity contribution in [3.05, 3.63) is 48.1 Å². The van der Waals surface area contributed by atoms with E-state index in [0.29, 0.717) is 5.92 Å². The number of aryl methyl sites for hydroxylation is 1. The fraction of sp³-hybridized carbons (Fsp3) is 0.357. The highest BCUT2D eigenvalue weighted by atomic mass is 15.3. The number of nitrogens with zero attached hydrogens (tertiary/aromatic N) is 5. The molecule has 0 radical (unpaired) electrons. The lowest BCUT2D eigenvalue weighted by Crippen LogP contribution is -2.12. The summed E-state index contributed by atoms with van der Waals surface area (Å²) in [6.45, 7) is 0. The van der Waals surface area contributed by atoms with Gasteiger partial charge in [0.05, 0.1) is 29.9 Å². The van der Waals surface area contributed by atoms with E-state index >= 15 is 0 Å². The van der Waals surface area contributed by atoms with Gasteiger partial charge in [-0.2, -0.15) is 5.10 Å². The molecule has 1 unspecified atom stereocenters. The average molecular weight is 253 g/mol. The van der Waals surface area contributed by atoms with E-state index in [4.69, 9.17) is 0 Å². The number of hydrogen-bond donors (Lipinski definition) is 0. The van der Waals surface area contributed by atoms with Crippen molar-refractivity contribution < 1.29 is 0 Å². The van der Waals surface area contributed by atoms with Crippen LogP contribution in [0.2, 0.25) is 0 Å². The topological polar surface area (TPSA) is 48.0 Å². The molecule has 0 amide bonds. The van der Waals surface area contributed by atoms with E-state index in [1.165, 1.54) is 17.7 Å². The maximum atomic E-state index is 4.61. The molecule has 5 nitrogen and oxygen atoms in total. The van der Waals surface area contributed by atoms with Crippen molar-refractivity contribution in [1.82, 2.24) is 24.1 Å². The molecule has 0 aromatic carbocycles. The van der Waals surface area contributed by atoms with Crippen LogP contribution in [0.5, 0.6) is 0 Å². The van der Waals surface area contributed by atoms with E-state index in [9.17, 15) is 0 Å². The summed E-state index contributed by atoms with van der Waals surface area (Å²) in [6.07, 6.45) is 12.9. The molecule has 0 bridgehead atoms. The molecule has 5 heteroatoms. The van der Waals surface area contributed by atoms with Crippen LogP contribution in [0.1, 0.15) is 35.7 Å². The van der Waals surface area contributed by atoms with Crippen molar-refractivity contribution in [1.29, 1.82) is 0 Å². The van der Waals surface area contributed by atoms with Gasteiger partial charge in [-0.1, -0.05) is 0 Å². The molecule has 1 aliphatic carbocycles. The lowest BCUT2D eigenvalue weighted by Gasteiger charge is -2.21. The van der Waals surface area contributed by atoms with Crippen LogP contribution in [0.15, 0.2) is 31.1 Å². The van der Waals surface area contributed by atoms with Crippen LogP contribution in [0.3, 0.4) is 0 Å². The summed E-state index contributed by atoms with van der Waals surface area (Å²) in [4.78, 5) is 8.83. The Bertz CT molecular complexity index is 739. The SMILES string of the molecule is Cn1ncc2c1CCCC2c1ncn2ccncc12. The van der Waals surface area contributed by atoms with Crippen molar-refractivity contribution >= 4 is 5.52 Å². The van der Waals surface area contributed by atoms with Crippen LogP contribution < -0.4 is 0 Å². The van der Waals surface area contributed by atoms with Crippen molar-refractivity contribution in [3.8, 4) is 0 Å². The minimum absolute atomic E-state index is 0.353. The predicted octanol–water partition coefficient (Wildman–Crippen LogP) is 1.93. The van der Waals surface area contributed by atoms with Crippen molar-refractivity contribution in [2.45, 2.75) is 25.2 Å². The molecule has 0 saturated carbocycles. The summed E-state index contributed by atoms with van der Waals surface area (Å²) in [5, 5.41) is 4.40. The van der Waals surface area contributed by atoms with E-state index in [0.717, 1.165) is 24.1 Å². The Morgan fingerprint density at radius 1 is 1.32 bits per heavy atom. The quantitative estimate of drug-likeness (QED) is 0.666. The second-order valence-corrected chi connectivity index (χ2v) is 5.11. The highest BCUT2D eigenvalue weighted by Gasteiger charge is 2.27. The first-order valence-electron chi connectivity index (χ1n) is 6.62. The minimum Gasteiger partial charge on any atom is -0.303 e. The highest BCUT2D eigenvalue weighted by molar-refractivity contribution is 5.54. The molecule has 3 heterocycles. The Balaban J connectivity index is 1.89. The Hall–Kier alpha value is -2.17. The molecule has 0 N–H and O–H groups in total. The minimum atomic E-state index is 0.353. The van der Waals surface area contributed by atoms with Crippen LogP contribution >= 0.6 is 0 Å². The summed E-state index contributed by atoms with van der Waals surface area (Å²) >= 11 is 0. The molecule has 4 rings (SSSR count). The Kier molecular flexibility index (Phi) is 2.21. The monoisotopic (exact) mass is 253 g/mol. The highest BCUT2D eigenvalue weighted by Crippen LogP contribution is 2.37. The Morgan fingerprint density at radius 2 is 2.26 bits per heavy atom. The van der Waals surface area contributed by atoms with Gasteiger partial charge in [0, 0.05) is 36.6 Å². The van der Waals surface area contributed by atoms with Crippen LogP contribution in [0.4, 0.5) is 0 Å². The van der Waals surface area contributed by atoms with Gasteiger partial charge in [-0.05, 0) is 19.3 Å². The largest absolute Gasteiger partial charge is 0.303 e. The van der Waals surface area contributed by atoms with Crippen molar-refractivity contribution in [3.63, 3.8) is 0 Å². The first kappa shape index (κ1) is 10.7. The molecule has 1 atom stereocenters. The maximum Gasteiger partial charge on any atom is 0.0996 e. The van der Waals surface area contributed by atoms with Gasteiger partial charge in [0.2, 0.25) is 0 Å². The summed E-state index contributed by atoms with van der Waals surface area (Å²) in [5.74, 6) is 0.353. The van der Waals surface area contributed by atoms with Gasteiger partial charge in [-0.3, -0.25) is 9.67 Å². The standard InChI is InChI=1S/C14H15N5/c1-18-12-4-2-3-10(11(12)7-17-18)14-13-8-15-5-6-19(13)9-16-14/h5-10H,2-4H2,1H3. The van der Waals surface area contributed by atoms with E-state index < -0.39 is 0 Å². The van der Waals surface area contributed by atoms with Crippen molar-refractivity contribution in [2.24, 2.45) is 7.05 Å².